The number of nitrogens with zero attached hydrogens (tertiary/aromatic N) is 4. The van der Waals surface area contributed by atoms with Gasteiger partial charge in [0.15, 0.2) is 0 Å². The molecule has 130 valence electrons. The number of hydrogen-bond donors (Lipinski definition) is 1. The van der Waals surface area contributed by atoms with Gasteiger partial charge in [0.25, 0.3) is 0 Å². The van der Waals surface area contributed by atoms with Crippen molar-refractivity contribution in [3.05, 3.63) is 42.5 Å². The number of hydrogen-bond acceptors (Lipinski definition) is 6. The fourth-order valence-electron chi connectivity index (χ4n) is 2.37. The van der Waals surface area contributed by atoms with E-state index in [4.69, 9.17) is 4.74 Å². The summed E-state index contributed by atoms with van der Waals surface area (Å²) in [5.74, 6) is 0. The van der Waals surface area contributed by atoms with Crippen LogP contribution in [0.15, 0.2) is 36.8 Å². The zero-order valence-corrected chi connectivity index (χ0v) is 15.1. The Hall–Kier alpha value is -2.58. The fourth-order valence-corrected chi connectivity index (χ4v) is 3.39. The molecule has 3 rings (SSSR count). The molecule has 7 nitrogen and oxygen atoms in total. The number of thiazole rings is 1. The van der Waals surface area contributed by atoms with E-state index >= 15 is 0 Å². The van der Waals surface area contributed by atoms with Crippen LogP contribution in [0, 0.1) is 6.92 Å². The average molecular weight is 357 g/mol. The van der Waals surface area contributed by atoms with Gasteiger partial charge < -0.3 is 10.1 Å². The quantitative estimate of drug-likeness (QED) is 0.759. The standard InChI is InChI=1S/C17H19N5O2S/c1-11(10-24-3)19-17(23)22-8-6-14(21-22)15-12(2)20-16(25-15)13-5-4-7-18-9-13/h4-9,11H,10H2,1-3H3,(H,19,23). The maximum absolute atomic E-state index is 12.2. The van der Waals surface area contributed by atoms with Crippen LogP contribution < -0.4 is 5.32 Å². The molecule has 0 radical (unpaired) electrons. The van der Waals surface area contributed by atoms with E-state index in [1.165, 1.54) is 16.0 Å². The largest absolute Gasteiger partial charge is 0.383 e. The Morgan fingerprint density at radius 1 is 1.44 bits per heavy atom. The highest BCUT2D eigenvalue weighted by molar-refractivity contribution is 7.18. The Bertz CT molecular complexity index is 859. The Morgan fingerprint density at radius 3 is 3.00 bits per heavy atom. The van der Waals surface area contributed by atoms with E-state index in [1.807, 2.05) is 32.0 Å². The molecule has 3 aromatic heterocycles. The molecule has 3 heterocycles. The maximum atomic E-state index is 12.2. The lowest BCUT2D eigenvalue weighted by Gasteiger charge is -2.11. The molecule has 0 bridgehead atoms. The van der Waals surface area contributed by atoms with Crippen LogP contribution in [-0.4, -0.2) is 45.5 Å². The number of pyridine rings is 1. The number of aromatic nitrogens is 4. The number of rotatable bonds is 5. The van der Waals surface area contributed by atoms with E-state index < -0.39 is 0 Å². The minimum atomic E-state index is -0.287. The maximum Gasteiger partial charge on any atom is 0.342 e. The predicted octanol–water partition coefficient (Wildman–Crippen LogP) is 2.97. The second-order valence-corrected chi connectivity index (χ2v) is 6.63. The van der Waals surface area contributed by atoms with Crippen molar-refractivity contribution in [1.29, 1.82) is 0 Å². The van der Waals surface area contributed by atoms with Crippen LogP contribution in [0.4, 0.5) is 4.79 Å². The first kappa shape index (κ1) is 17.2. The molecule has 0 aliphatic carbocycles. The molecule has 0 fully saturated rings. The smallest absolute Gasteiger partial charge is 0.342 e. The zero-order valence-electron chi connectivity index (χ0n) is 14.3. The van der Waals surface area contributed by atoms with Crippen LogP contribution in [0.25, 0.3) is 21.1 Å². The van der Waals surface area contributed by atoms with Crippen molar-refractivity contribution >= 4 is 17.4 Å². The van der Waals surface area contributed by atoms with Gasteiger partial charge in [-0.1, -0.05) is 0 Å². The van der Waals surface area contributed by atoms with E-state index in [0.717, 1.165) is 26.8 Å². The number of carbonyl (C=O) groups is 1. The molecule has 0 aliphatic rings. The minimum Gasteiger partial charge on any atom is -0.383 e. The van der Waals surface area contributed by atoms with Gasteiger partial charge in [-0.3, -0.25) is 4.98 Å². The first-order chi connectivity index (χ1) is 12.1. The van der Waals surface area contributed by atoms with Gasteiger partial charge >= 0.3 is 6.03 Å². The van der Waals surface area contributed by atoms with Crippen molar-refractivity contribution in [3.63, 3.8) is 0 Å². The third kappa shape index (κ3) is 3.92. The summed E-state index contributed by atoms with van der Waals surface area (Å²) in [6.45, 7) is 4.26. The van der Waals surface area contributed by atoms with Crippen LogP contribution in [-0.2, 0) is 4.74 Å². The van der Waals surface area contributed by atoms with E-state index in [0.29, 0.717) is 6.61 Å². The SMILES string of the molecule is COCC(C)NC(=O)n1ccc(-c2sc(-c3cccnc3)nc2C)n1. The zero-order chi connectivity index (χ0) is 17.8. The summed E-state index contributed by atoms with van der Waals surface area (Å²) in [5.41, 5.74) is 2.56. The molecule has 1 amide bonds. The summed E-state index contributed by atoms with van der Waals surface area (Å²) in [5, 5.41) is 8.09. The van der Waals surface area contributed by atoms with Crippen LogP contribution in [0.1, 0.15) is 12.6 Å². The van der Waals surface area contributed by atoms with Crippen molar-refractivity contribution in [3.8, 4) is 21.1 Å². The molecular weight excluding hydrogens is 338 g/mol. The van der Waals surface area contributed by atoms with Crippen molar-refractivity contribution in [2.75, 3.05) is 13.7 Å². The summed E-state index contributed by atoms with van der Waals surface area (Å²) >= 11 is 1.53. The van der Waals surface area contributed by atoms with Gasteiger partial charge in [-0.25, -0.2) is 9.78 Å². The summed E-state index contributed by atoms with van der Waals surface area (Å²) < 4.78 is 6.32. The average Bonchev–Trinajstić information content (AvgIpc) is 3.22. The molecule has 25 heavy (non-hydrogen) atoms. The molecular formula is C17H19N5O2S. The van der Waals surface area contributed by atoms with Crippen molar-refractivity contribution in [1.82, 2.24) is 25.1 Å². The molecule has 0 saturated heterocycles. The van der Waals surface area contributed by atoms with Crippen LogP contribution in [0.3, 0.4) is 0 Å². The minimum absolute atomic E-state index is 0.0903. The van der Waals surface area contributed by atoms with Crippen molar-refractivity contribution < 1.29 is 9.53 Å². The number of amides is 1. The van der Waals surface area contributed by atoms with Crippen molar-refractivity contribution in [2.24, 2.45) is 0 Å². The highest BCUT2D eigenvalue weighted by atomic mass is 32.1. The molecule has 0 saturated carbocycles. The highest BCUT2D eigenvalue weighted by Gasteiger charge is 2.16. The fraction of sp³-hybridized carbons (Fsp3) is 0.294. The Labute approximate surface area is 149 Å². The second kappa shape index (κ2) is 7.54. The lowest BCUT2D eigenvalue weighted by atomic mass is 10.3. The first-order valence-corrected chi connectivity index (χ1v) is 8.64. The van der Waals surface area contributed by atoms with Gasteiger partial charge in [-0.05, 0) is 32.0 Å². The van der Waals surface area contributed by atoms with Gasteiger partial charge in [0, 0.05) is 31.3 Å². The van der Waals surface area contributed by atoms with Crippen LogP contribution in [0.5, 0.6) is 0 Å². The summed E-state index contributed by atoms with van der Waals surface area (Å²) in [7, 11) is 1.60. The van der Waals surface area contributed by atoms with Gasteiger partial charge in [0.05, 0.1) is 23.2 Å². The van der Waals surface area contributed by atoms with E-state index in [1.54, 1.807) is 25.7 Å². The Kier molecular flexibility index (Phi) is 5.20. The first-order valence-electron chi connectivity index (χ1n) is 7.82. The van der Waals surface area contributed by atoms with Crippen LogP contribution >= 0.6 is 11.3 Å². The highest BCUT2D eigenvalue weighted by Crippen LogP contribution is 2.33. The number of ether oxygens (including phenoxy) is 1. The van der Waals surface area contributed by atoms with Gasteiger partial charge in [0.2, 0.25) is 0 Å². The third-order valence-corrected chi connectivity index (χ3v) is 4.75. The number of carbonyl (C=O) groups excluding carboxylic acids is 1. The Balaban J connectivity index is 1.81. The van der Waals surface area contributed by atoms with E-state index in [-0.39, 0.29) is 12.1 Å². The second-order valence-electron chi connectivity index (χ2n) is 5.63. The summed E-state index contributed by atoms with van der Waals surface area (Å²) in [4.78, 5) is 21.9. The summed E-state index contributed by atoms with van der Waals surface area (Å²) in [6.07, 6.45) is 5.16. The monoisotopic (exact) mass is 357 g/mol. The Morgan fingerprint density at radius 2 is 2.28 bits per heavy atom. The third-order valence-electron chi connectivity index (χ3n) is 3.52. The number of aryl methyl sites for hydroxylation is 1. The predicted molar refractivity (Wildman–Crippen MR) is 96.6 cm³/mol. The van der Waals surface area contributed by atoms with Gasteiger partial charge in [0.1, 0.15) is 10.7 Å². The molecule has 1 atom stereocenters. The van der Waals surface area contributed by atoms with E-state index in [9.17, 15) is 4.79 Å². The molecule has 0 aliphatic heterocycles. The van der Waals surface area contributed by atoms with Crippen molar-refractivity contribution in [2.45, 2.75) is 19.9 Å². The lowest BCUT2D eigenvalue weighted by molar-refractivity contribution is 0.170. The summed E-state index contributed by atoms with van der Waals surface area (Å²) in [6, 6.07) is 5.29. The topological polar surface area (TPSA) is 81.9 Å². The molecule has 0 spiro atoms. The molecule has 1 N–H and O–H groups in total. The van der Waals surface area contributed by atoms with Gasteiger partial charge in [-0.2, -0.15) is 9.78 Å². The normalized spacial score (nSPS) is 12.1. The number of methoxy groups -OCH3 is 1. The molecule has 0 aromatic carbocycles. The number of nitrogens with one attached hydrogen (secondary N) is 1. The van der Waals surface area contributed by atoms with E-state index in [2.05, 4.69) is 20.4 Å². The van der Waals surface area contributed by atoms with Gasteiger partial charge in [-0.15, -0.1) is 11.3 Å². The molecule has 8 heteroatoms. The molecule has 1 unspecified atom stereocenters. The molecule has 3 aromatic rings. The van der Waals surface area contributed by atoms with Crippen LogP contribution in [0.2, 0.25) is 0 Å². The lowest BCUT2D eigenvalue weighted by Crippen LogP contribution is -2.38.